The molecule has 0 aliphatic rings. The summed E-state index contributed by atoms with van der Waals surface area (Å²) in [5, 5.41) is 0. The highest BCUT2D eigenvalue weighted by Crippen LogP contribution is 2.09. The zero-order valence-corrected chi connectivity index (χ0v) is 15.1. The molecular weight excluding hydrogens is 280 g/mol. The number of esters is 2. The summed E-state index contributed by atoms with van der Waals surface area (Å²) >= 11 is 0. The van der Waals surface area contributed by atoms with Crippen LogP contribution in [0.25, 0.3) is 0 Å². The molecule has 0 aromatic rings. The van der Waals surface area contributed by atoms with Gasteiger partial charge in [-0.25, -0.2) is 0 Å². The minimum absolute atomic E-state index is 0.134. The molecule has 0 N–H and O–H groups in total. The summed E-state index contributed by atoms with van der Waals surface area (Å²) in [5.41, 5.74) is 0. The van der Waals surface area contributed by atoms with E-state index >= 15 is 0 Å². The Labute approximate surface area is 136 Å². The Balaban J connectivity index is 0. The third kappa shape index (κ3) is 21.2. The average Bonchev–Trinajstić information content (AvgIpc) is 2.55. The fraction of sp³-hybridized carbons (Fsp3) is 0.889. The van der Waals surface area contributed by atoms with Crippen molar-refractivity contribution in [1.82, 2.24) is 0 Å². The number of ether oxygens (including phenoxy) is 2. The molecule has 0 aliphatic carbocycles. The SMILES string of the molecule is CCCCCC.COC(=O)CCCCCCCCC(=O)OC. The van der Waals surface area contributed by atoms with Crippen molar-refractivity contribution in [3.8, 4) is 0 Å². The summed E-state index contributed by atoms with van der Waals surface area (Å²) in [5.74, 6) is -0.267. The van der Waals surface area contributed by atoms with Gasteiger partial charge in [0.15, 0.2) is 0 Å². The molecule has 0 aliphatic heterocycles. The number of hydrogen-bond acceptors (Lipinski definition) is 4. The molecular formula is C18H36O4. The minimum Gasteiger partial charge on any atom is -0.469 e. The van der Waals surface area contributed by atoms with Crippen molar-refractivity contribution >= 4 is 11.9 Å². The average molecular weight is 316 g/mol. The van der Waals surface area contributed by atoms with Crippen LogP contribution >= 0.6 is 0 Å². The smallest absolute Gasteiger partial charge is 0.305 e. The number of rotatable bonds is 12. The Morgan fingerprint density at radius 3 is 1.18 bits per heavy atom. The Kier molecular flexibility index (Phi) is 21.0. The zero-order chi connectivity index (χ0) is 17.1. The molecule has 0 saturated heterocycles. The first-order valence-electron chi connectivity index (χ1n) is 8.75. The fourth-order valence-electron chi connectivity index (χ4n) is 1.95. The molecule has 0 heterocycles. The van der Waals surface area contributed by atoms with E-state index in [0.717, 1.165) is 38.5 Å². The normalized spacial score (nSPS) is 9.64. The van der Waals surface area contributed by atoms with Gasteiger partial charge < -0.3 is 9.47 Å². The van der Waals surface area contributed by atoms with E-state index in [1.807, 2.05) is 0 Å². The molecule has 4 heteroatoms. The number of carbonyl (C=O) groups excluding carboxylic acids is 2. The van der Waals surface area contributed by atoms with E-state index in [9.17, 15) is 9.59 Å². The number of carbonyl (C=O) groups is 2. The molecule has 0 unspecified atom stereocenters. The second-order valence-corrected chi connectivity index (χ2v) is 5.48. The van der Waals surface area contributed by atoms with Gasteiger partial charge in [-0.15, -0.1) is 0 Å². The third-order valence-corrected chi connectivity index (χ3v) is 3.42. The van der Waals surface area contributed by atoms with E-state index < -0.39 is 0 Å². The van der Waals surface area contributed by atoms with Gasteiger partial charge in [0.05, 0.1) is 14.2 Å². The Bertz CT molecular complexity index is 225. The Morgan fingerprint density at radius 1 is 0.591 bits per heavy atom. The van der Waals surface area contributed by atoms with Crippen LogP contribution in [0, 0.1) is 0 Å². The van der Waals surface area contributed by atoms with Crippen LogP contribution in [0.2, 0.25) is 0 Å². The molecule has 0 amide bonds. The van der Waals surface area contributed by atoms with Gasteiger partial charge in [-0.2, -0.15) is 0 Å². The second-order valence-electron chi connectivity index (χ2n) is 5.48. The lowest BCUT2D eigenvalue weighted by Crippen LogP contribution is -1.99. The van der Waals surface area contributed by atoms with Gasteiger partial charge in [-0.3, -0.25) is 9.59 Å². The highest BCUT2D eigenvalue weighted by atomic mass is 16.5. The van der Waals surface area contributed by atoms with Gasteiger partial charge in [0.2, 0.25) is 0 Å². The van der Waals surface area contributed by atoms with Crippen LogP contribution in [-0.4, -0.2) is 26.2 Å². The fourth-order valence-corrected chi connectivity index (χ4v) is 1.95. The first kappa shape index (κ1) is 23.2. The van der Waals surface area contributed by atoms with Crippen molar-refractivity contribution in [2.75, 3.05) is 14.2 Å². The molecule has 0 rings (SSSR count). The van der Waals surface area contributed by atoms with Crippen molar-refractivity contribution in [2.45, 2.75) is 90.9 Å². The molecule has 132 valence electrons. The monoisotopic (exact) mass is 316 g/mol. The van der Waals surface area contributed by atoms with Crippen LogP contribution in [0.4, 0.5) is 0 Å². The lowest BCUT2D eigenvalue weighted by atomic mass is 10.1. The van der Waals surface area contributed by atoms with Gasteiger partial charge in [-0.1, -0.05) is 65.2 Å². The van der Waals surface area contributed by atoms with Crippen molar-refractivity contribution < 1.29 is 19.1 Å². The summed E-state index contributed by atoms with van der Waals surface area (Å²) in [7, 11) is 2.82. The van der Waals surface area contributed by atoms with E-state index in [4.69, 9.17) is 0 Å². The first-order chi connectivity index (χ1) is 10.6. The van der Waals surface area contributed by atoms with Gasteiger partial charge in [-0.05, 0) is 12.8 Å². The molecule has 0 spiro atoms. The van der Waals surface area contributed by atoms with Gasteiger partial charge in [0.25, 0.3) is 0 Å². The molecule has 0 saturated carbocycles. The molecule has 0 aromatic carbocycles. The van der Waals surface area contributed by atoms with Crippen molar-refractivity contribution in [2.24, 2.45) is 0 Å². The summed E-state index contributed by atoms with van der Waals surface area (Å²) in [6, 6.07) is 0. The van der Waals surface area contributed by atoms with Crippen LogP contribution in [0.1, 0.15) is 90.9 Å². The summed E-state index contributed by atoms with van der Waals surface area (Å²) < 4.78 is 9.09. The van der Waals surface area contributed by atoms with Gasteiger partial charge >= 0.3 is 11.9 Å². The number of unbranched alkanes of at least 4 members (excludes halogenated alkanes) is 8. The maximum atomic E-state index is 10.8. The Hall–Kier alpha value is -1.06. The predicted molar refractivity (Wildman–Crippen MR) is 90.8 cm³/mol. The topological polar surface area (TPSA) is 52.6 Å². The molecule has 0 aromatic heterocycles. The highest BCUT2D eigenvalue weighted by molar-refractivity contribution is 5.69. The molecule has 4 nitrogen and oxygen atoms in total. The minimum atomic E-state index is -0.134. The van der Waals surface area contributed by atoms with Gasteiger partial charge in [0, 0.05) is 12.8 Å². The van der Waals surface area contributed by atoms with Crippen molar-refractivity contribution in [1.29, 1.82) is 0 Å². The maximum absolute atomic E-state index is 10.8. The van der Waals surface area contributed by atoms with Crippen LogP contribution in [-0.2, 0) is 19.1 Å². The van der Waals surface area contributed by atoms with Gasteiger partial charge in [0.1, 0.15) is 0 Å². The van der Waals surface area contributed by atoms with Crippen LogP contribution in [0.5, 0.6) is 0 Å². The predicted octanol–water partition coefficient (Wildman–Crippen LogP) is 5.04. The van der Waals surface area contributed by atoms with Crippen molar-refractivity contribution in [3.63, 3.8) is 0 Å². The van der Waals surface area contributed by atoms with E-state index in [2.05, 4.69) is 23.3 Å². The van der Waals surface area contributed by atoms with E-state index in [0.29, 0.717) is 12.8 Å². The van der Waals surface area contributed by atoms with E-state index in [1.165, 1.54) is 39.9 Å². The molecule has 0 atom stereocenters. The number of hydrogen-bond donors (Lipinski definition) is 0. The van der Waals surface area contributed by atoms with Crippen molar-refractivity contribution in [3.05, 3.63) is 0 Å². The second kappa shape index (κ2) is 19.9. The Morgan fingerprint density at radius 2 is 0.909 bits per heavy atom. The highest BCUT2D eigenvalue weighted by Gasteiger charge is 2.00. The van der Waals surface area contributed by atoms with Crippen LogP contribution in [0.15, 0.2) is 0 Å². The lowest BCUT2D eigenvalue weighted by molar-refractivity contribution is -0.141. The summed E-state index contributed by atoms with van der Waals surface area (Å²) in [6.07, 6.45) is 12.7. The van der Waals surface area contributed by atoms with Crippen LogP contribution in [0.3, 0.4) is 0 Å². The summed E-state index contributed by atoms with van der Waals surface area (Å²) in [6.45, 7) is 4.46. The summed E-state index contributed by atoms with van der Waals surface area (Å²) in [4.78, 5) is 21.6. The molecule has 0 radical (unpaired) electrons. The molecule has 0 bridgehead atoms. The lowest BCUT2D eigenvalue weighted by Gasteiger charge is -2.01. The molecule has 0 fully saturated rings. The quantitative estimate of drug-likeness (QED) is 0.374. The van der Waals surface area contributed by atoms with E-state index in [1.54, 1.807) is 0 Å². The molecule has 22 heavy (non-hydrogen) atoms. The zero-order valence-electron chi connectivity index (χ0n) is 15.1. The largest absolute Gasteiger partial charge is 0.469 e. The third-order valence-electron chi connectivity index (χ3n) is 3.42. The maximum Gasteiger partial charge on any atom is 0.305 e. The number of methoxy groups -OCH3 is 2. The van der Waals surface area contributed by atoms with E-state index in [-0.39, 0.29) is 11.9 Å². The first-order valence-corrected chi connectivity index (χ1v) is 8.75. The standard InChI is InChI=1S/C12H22O4.C6H14/c1-15-11(13)9-7-5-3-4-6-8-10-12(14)16-2;1-3-5-6-4-2/h3-10H2,1-2H3;3-6H2,1-2H3. The van der Waals surface area contributed by atoms with Crippen LogP contribution < -0.4 is 0 Å².